The summed E-state index contributed by atoms with van der Waals surface area (Å²) in [7, 11) is 0. The van der Waals surface area contributed by atoms with Crippen molar-refractivity contribution in [1.29, 1.82) is 0 Å². The van der Waals surface area contributed by atoms with Gasteiger partial charge in [0.15, 0.2) is 0 Å². The quantitative estimate of drug-likeness (QED) is 0.302. The van der Waals surface area contributed by atoms with Crippen LogP contribution in [0.1, 0.15) is 43.2 Å². The second kappa shape index (κ2) is 11.8. The number of hydrogen-bond acceptors (Lipinski definition) is 3. The molecule has 1 saturated carbocycles. The number of carbonyl (C=O) groups is 2. The number of benzene rings is 2. The zero-order valence-electron chi connectivity index (χ0n) is 18.9. The Kier molecular flexibility index (Phi) is 8.52. The lowest BCUT2D eigenvalue weighted by Gasteiger charge is -2.39. The third-order valence-corrected chi connectivity index (χ3v) is 5.95. The Labute approximate surface area is 195 Å². The number of carbonyl (C=O) groups excluding carboxylic acids is 2. The minimum Gasteiger partial charge on any atom is -0.500 e. The fraction of sp³-hybridized carbons (Fsp3) is 0.308. The van der Waals surface area contributed by atoms with Gasteiger partial charge < -0.3 is 26.0 Å². The van der Waals surface area contributed by atoms with E-state index in [1.165, 1.54) is 30.0 Å². The smallest absolute Gasteiger partial charge is 0.323 e. The van der Waals surface area contributed by atoms with E-state index in [0.29, 0.717) is 13.2 Å². The fourth-order valence-corrected chi connectivity index (χ4v) is 4.39. The average Bonchev–Trinajstić information content (AvgIpc) is 2.83. The summed E-state index contributed by atoms with van der Waals surface area (Å²) in [5, 5.41) is 10.9. The van der Waals surface area contributed by atoms with Crippen molar-refractivity contribution < 1.29 is 14.3 Å². The van der Waals surface area contributed by atoms with Crippen LogP contribution in [0.3, 0.4) is 0 Å². The van der Waals surface area contributed by atoms with E-state index < -0.39 is 0 Å². The molecule has 0 saturated heterocycles. The highest BCUT2D eigenvalue weighted by molar-refractivity contribution is 5.90. The van der Waals surface area contributed by atoms with E-state index in [0.717, 1.165) is 37.1 Å². The highest BCUT2D eigenvalue weighted by atomic mass is 16.5. The molecular formula is C26H32N4O3. The molecule has 174 valence electrons. The lowest BCUT2D eigenvalue weighted by Crippen LogP contribution is -2.32. The normalized spacial score (nSPS) is 14.4. The molecule has 33 heavy (non-hydrogen) atoms. The van der Waals surface area contributed by atoms with Crippen molar-refractivity contribution in [3.05, 3.63) is 85.3 Å². The van der Waals surface area contributed by atoms with Gasteiger partial charge in [-0.1, -0.05) is 56.7 Å². The fourth-order valence-electron chi connectivity index (χ4n) is 4.39. The first-order chi connectivity index (χ1) is 16.1. The zero-order chi connectivity index (χ0) is 23.5. The van der Waals surface area contributed by atoms with E-state index in [1.54, 1.807) is 0 Å². The Hall–Kier alpha value is -3.74. The molecule has 7 nitrogen and oxygen atoms in total. The Morgan fingerprint density at radius 1 is 0.848 bits per heavy atom. The lowest BCUT2D eigenvalue weighted by atomic mass is 9.65. The van der Waals surface area contributed by atoms with E-state index in [4.69, 9.17) is 4.74 Å². The predicted molar refractivity (Wildman–Crippen MR) is 132 cm³/mol. The number of hydrogen-bond donors (Lipinski definition) is 4. The van der Waals surface area contributed by atoms with Crippen molar-refractivity contribution >= 4 is 23.4 Å². The van der Waals surface area contributed by atoms with Gasteiger partial charge in [-0.05, 0) is 54.4 Å². The Bertz CT molecular complexity index is 949. The molecule has 3 rings (SSSR count). The molecule has 0 unspecified atom stereocenters. The molecule has 2 aromatic carbocycles. The van der Waals surface area contributed by atoms with Crippen molar-refractivity contribution in [2.75, 3.05) is 23.8 Å². The molecule has 0 radical (unpaired) electrons. The van der Waals surface area contributed by atoms with E-state index >= 15 is 0 Å². The SMILES string of the molecule is C=CNC(=O)Nc1ccc(C2(c3ccc(NC(=O)NCCOC=C)cc3)CCCCC2)cc1. The van der Waals surface area contributed by atoms with Gasteiger partial charge in [0.1, 0.15) is 6.61 Å². The lowest BCUT2D eigenvalue weighted by molar-refractivity contribution is 0.234. The summed E-state index contributed by atoms with van der Waals surface area (Å²) in [6, 6.07) is 15.6. The third kappa shape index (κ3) is 6.38. The van der Waals surface area contributed by atoms with Crippen LogP contribution in [0.5, 0.6) is 0 Å². The molecular weight excluding hydrogens is 416 g/mol. The van der Waals surface area contributed by atoms with Crippen molar-refractivity contribution in [2.45, 2.75) is 37.5 Å². The van der Waals surface area contributed by atoms with Crippen LogP contribution in [0.2, 0.25) is 0 Å². The van der Waals surface area contributed by atoms with Crippen molar-refractivity contribution in [3.63, 3.8) is 0 Å². The summed E-state index contributed by atoms with van der Waals surface area (Å²) in [6.07, 6.45) is 8.39. The highest BCUT2D eigenvalue weighted by Gasteiger charge is 2.35. The van der Waals surface area contributed by atoms with E-state index in [1.807, 2.05) is 24.3 Å². The summed E-state index contributed by atoms with van der Waals surface area (Å²) in [5.74, 6) is 0. The summed E-state index contributed by atoms with van der Waals surface area (Å²) < 4.78 is 5.00. The van der Waals surface area contributed by atoms with Crippen LogP contribution >= 0.6 is 0 Å². The van der Waals surface area contributed by atoms with E-state index in [9.17, 15) is 9.59 Å². The molecule has 7 heteroatoms. The zero-order valence-corrected chi connectivity index (χ0v) is 18.9. The van der Waals surface area contributed by atoms with Gasteiger partial charge in [0.25, 0.3) is 0 Å². The Morgan fingerprint density at radius 2 is 1.39 bits per heavy atom. The predicted octanol–water partition coefficient (Wildman–Crippen LogP) is 5.48. The first-order valence-electron chi connectivity index (χ1n) is 11.2. The van der Waals surface area contributed by atoms with Gasteiger partial charge in [-0.3, -0.25) is 0 Å². The van der Waals surface area contributed by atoms with Gasteiger partial charge in [0, 0.05) is 16.8 Å². The number of urea groups is 2. The first kappa shape index (κ1) is 23.9. The molecule has 0 heterocycles. The summed E-state index contributed by atoms with van der Waals surface area (Å²) in [5.41, 5.74) is 3.85. The molecule has 0 spiro atoms. The van der Waals surface area contributed by atoms with Crippen LogP contribution < -0.4 is 21.3 Å². The van der Waals surface area contributed by atoms with Crippen molar-refractivity contribution in [3.8, 4) is 0 Å². The third-order valence-electron chi connectivity index (χ3n) is 5.95. The highest BCUT2D eigenvalue weighted by Crippen LogP contribution is 2.45. The van der Waals surface area contributed by atoms with Gasteiger partial charge in [0.05, 0.1) is 12.8 Å². The monoisotopic (exact) mass is 448 g/mol. The molecule has 0 aliphatic heterocycles. The van der Waals surface area contributed by atoms with E-state index in [2.05, 4.69) is 58.7 Å². The van der Waals surface area contributed by atoms with Crippen LogP contribution in [0.4, 0.5) is 21.0 Å². The summed E-state index contributed by atoms with van der Waals surface area (Å²) >= 11 is 0. The minimum atomic E-state index is -0.314. The van der Waals surface area contributed by atoms with Gasteiger partial charge >= 0.3 is 12.1 Å². The number of amides is 4. The first-order valence-corrected chi connectivity index (χ1v) is 11.2. The maximum Gasteiger partial charge on any atom is 0.323 e. The molecule has 4 amide bonds. The number of rotatable bonds is 9. The number of nitrogens with one attached hydrogen (secondary N) is 4. The molecule has 4 N–H and O–H groups in total. The van der Waals surface area contributed by atoms with Gasteiger partial charge in [0.2, 0.25) is 0 Å². The molecule has 1 aliphatic rings. The maximum absolute atomic E-state index is 12.1. The second-order valence-electron chi connectivity index (χ2n) is 8.02. The molecule has 2 aromatic rings. The average molecular weight is 449 g/mol. The van der Waals surface area contributed by atoms with Crippen LogP contribution in [-0.4, -0.2) is 25.2 Å². The van der Waals surface area contributed by atoms with Crippen LogP contribution in [-0.2, 0) is 10.2 Å². The largest absolute Gasteiger partial charge is 0.500 e. The van der Waals surface area contributed by atoms with Crippen molar-refractivity contribution in [1.82, 2.24) is 10.6 Å². The summed E-state index contributed by atoms with van der Waals surface area (Å²) in [6.45, 7) is 7.75. The molecule has 0 bridgehead atoms. The second-order valence-corrected chi connectivity index (χ2v) is 8.02. The summed E-state index contributed by atoms with van der Waals surface area (Å²) in [4.78, 5) is 23.8. The molecule has 1 aliphatic carbocycles. The molecule has 0 atom stereocenters. The van der Waals surface area contributed by atoms with Crippen LogP contribution in [0.15, 0.2) is 74.2 Å². The number of anilines is 2. The Morgan fingerprint density at radius 3 is 1.91 bits per heavy atom. The van der Waals surface area contributed by atoms with Crippen LogP contribution in [0.25, 0.3) is 0 Å². The van der Waals surface area contributed by atoms with Gasteiger partial charge in [-0.25, -0.2) is 9.59 Å². The van der Waals surface area contributed by atoms with Gasteiger partial charge in [-0.15, -0.1) is 0 Å². The minimum absolute atomic E-state index is 0.0804. The van der Waals surface area contributed by atoms with Crippen LogP contribution in [0, 0.1) is 0 Å². The number of ether oxygens (including phenoxy) is 1. The topological polar surface area (TPSA) is 91.5 Å². The molecule has 0 aromatic heterocycles. The van der Waals surface area contributed by atoms with E-state index in [-0.39, 0.29) is 17.5 Å². The van der Waals surface area contributed by atoms with Gasteiger partial charge in [-0.2, -0.15) is 0 Å². The standard InChI is InChI=1S/C26H32N4O3/c1-3-27-24(31)29-22-12-8-20(9-13-22)26(16-6-5-7-17-26)21-10-14-23(15-11-21)30-25(32)28-18-19-33-4-2/h3-4,8-15H,1-2,5-7,16-19H2,(H2,27,29,31)(H2,28,30,32). The maximum atomic E-state index is 12.1. The molecule has 1 fully saturated rings. The Balaban J connectivity index is 1.73. The van der Waals surface area contributed by atoms with Crippen molar-refractivity contribution in [2.24, 2.45) is 0 Å².